The zero-order chi connectivity index (χ0) is 74.1. The molecule has 0 aliphatic carbocycles. The number of ether oxygens (including phenoxy) is 4. The third kappa shape index (κ3) is 76.1. The minimum Gasteiger partial charge on any atom is -0.462 e. The molecule has 0 saturated carbocycles. The quantitative estimate of drug-likeness (QED) is 0.0222. The normalized spacial score (nSPS) is 13.8. The van der Waals surface area contributed by atoms with Gasteiger partial charge in [0.25, 0.3) is 0 Å². The molecule has 19 heteroatoms. The van der Waals surface area contributed by atoms with Gasteiger partial charge >= 0.3 is 39.5 Å². The van der Waals surface area contributed by atoms with Crippen LogP contribution in [0.4, 0.5) is 0 Å². The van der Waals surface area contributed by atoms with Crippen LogP contribution >= 0.6 is 15.6 Å². The Kier molecular flexibility index (Phi) is 73.5. The van der Waals surface area contributed by atoms with Gasteiger partial charge in [0.2, 0.25) is 0 Å². The van der Waals surface area contributed by atoms with E-state index in [2.05, 4.69) is 34.6 Å². The third-order valence-electron chi connectivity index (χ3n) is 19.3. The van der Waals surface area contributed by atoms with Crippen molar-refractivity contribution in [1.29, 1.82) is 0 Å². The largest absolute Gasteiger partial charge is 0.472 e. The van der Waals surface area contributed by atoms with Crippen molar-refractivity contribution in [3.05, 3.63) is 0 Å². The van der Waals surface area contributed by atoms with Crippen molar-refractivity contribution in [2.75, 3.05) is 39.6 Å². The summed E-state index contributed by atoms with van der Waals surface area (Å²) in [6.07, 6.45) is 66.6. The Hall–Kier alpha value is -1.94. The summed E-state index contributed by atoms with van der Waals surface area (Å²) in [7, 11) is -9.92. The summed E-state index contributed by atoms with van der Waals surface area (Å²) in [5.74, 6) is -1.31. The highest BCUT2D eigenvalue weighted by Crippen LogP contribution is 2.45. The van der Waals surface area contributed by atoms with Gasteiger partial charge in [-0.15, -0.1) is 0 Å². The number of unbranched alkanes of at least 4 members (excludes halogenated alkanes) is 54. The number of carbonyl (C=O) groups is 4. The first-order valence-electron chi connectivity index (χ1n) is 42.6. The molecule has 0 rings (SSSR count). The highest BCUT2D eigenvalue weighted by atomic mass is 31.2. The van der Waals surface area contributed by atoms with Gasteiger partial charge in [0.1, 0.15) is 19.3 Å². The Morgan fingerprint density at radius 1 is 0.267 bits per heavy atom. The molecule has 0 amide bonds. The number of aliphatic hydroxyl groups is 1. The van der Waals surface area contributed by atoms with E-state index in [-0.39, 0.29) is 25.7 Å². The van der Waals surface area contributed by atoms with E-state index in [0.717, 1.165) is 95.8 Å². The summed E-state index contributed by atoms with van der Waals surface area (Å²) < 4.78 is 68.7. The van der Waals surface area contributed by atoms with Crippen molar-refractivity contribution in [2.45, 2.75) is 457 Å². The molecule has 101 heavy (non-hydrogen) atoms. The van der Waals surface area contributed by atoms with Crippen molar-refractivity contribution >= 4 is 39.5 Å². The molecule has 0 spiro atoms. The van der Waals surface area contributed by atoms with Crippen molar-refractivity contribution in [1.82, 2.24) is 0 Å². The molecule has 17 nitrogen and oxygen atoms in total. The minimum absolute atomic E-state index is 0.108. The van der Waals surface area contributed by atoms with Crippen LogP contribution in [0.5, 0.6) is 0 Å². The molecule has 0 aromatic heterocycles. The van der Waals surface area contributed by atoms with Crippen LogP contribution in [-0.2, 0) is 65.4 Å². The first-order valence-corrected chi connectivity index (χ1v) is 45.6. The molecule has 0 radical (unpaired) electrons. The number of phosphoric ester groups is 2. The SMILES string of the molecule is CCCCCCCCCCCCCCCCCCCCCCCC(=O)O[C@H](COC(=O)CCCCCCCCCCCCCCCC(C)C)COP(=O)(O)OC[C@@H](O)COP(=O)(O)OC[C@@H](COC(=O)CCCCCCCCCCCC)OC(=O)CCCCCCCCCCCCCCCC. The topological polar surface area (TPSA) is 237 Å². The molecular weight excluding hydrogens is 1320 g/mol. The first kappa shape index (κ1) is 99.1. The maximum Gasteiger partial charge on any atom is 0.472 e. The van der Waals surface area contributed by atoms with Crippen molar-refractivity contribution < 1.29 is 80.2 Å². The standard InChI is InChI=1S/C82H160O17P2/c1-6-9-12-15-18-21-24-26-28-29-30-31-32-33-34-38-43-48-53-58-63-68-82(87)99-78(72-93-80(85)66-61-56-51-46-41-39-35-36-40-44-49-54-59-64-75(4)5)74-97-101(90,91)95-70-76(83)69-94-100(88,89)96-73-77(71-92-79(84)65-60-55-50-45-23-20-17-14-11-8-3)98-81(86)67-62-57-52-47-42-37-27-25-22-19-16-13-10-7-2/h75-78,83H,6-74H2,1-5H3,(H,88,89)(H,90,91)/t76-,77+,78+/m0/s1. The molecular formula is C82H160O17P2. The van der Waals surface area contributed by atoms with E-state index in [1.165, 1.54) is 263 Å². The van der Waals surface area contributed by atoms with E-state index in [1.54, 1.807) is 0 Å². The van der Waals surface area contributed by atoms with Crippen LogP contribution < -0.4 is 0 Å². The molecule has 0 aromatic rings. The summed E-state index contributed by atoms with van der Waals surface area (Å²) >= 11 is 0. The fourth-order valence-corrected chi connectivity index (χ4v) is 14.3. The predicted octanol–water partition coefficient (Wildman–Crippen LogP) is 24.8. The van der Waals surface area contributed by atoms with E-state index < -0.39 is 97.5 Å². The monoisotopic (exact) mass is 1480 g/mol. The average Bonchev–Trinajstić information content (AvgIpc) is 0.919. The van der Waals surface area contributed by atoms with Gasteiger partial charge in [0, 0.05) is 25.7 Å². The van der Waals surface area contributed by atoms with Crippen LogP contribution in [0.2, 0.25) is 0 Å². The Morgan fingerprint density at radius 2 is 0.455 bits per heavy atom. The lowest BCUT2D eigenvalue weighted by Crippen LogP contribution is -2.30. The van der Waals surface area contributed by atoms with Gasteiger partial charge in [-0.1, -0.05) is 388 Å². The van der Waals surface area contributed by atoms with Crippen LogP contribution in [0.3, 0.4) is 0 Å². The lowest BCUT2D eigenvalue weighted by molar-refractivity contribution is -0.161. The van der Waals surface area contributed by atoms with Crippen molar-refractivity contribution in [3.63, 3.8) is 0 Å². The number of esters is 4. The third-order valence-corrected chi connectivity index (χ3v) is 21.2. The Balaban J connectivity index is 5.22. The molecule has 0 bridgehead atoms. The van der Waals surface area contributed by atoms with E-state index in [1.807, 2.05) is 0 Å². The predicted molar refractivity (Wildman–Crippen MR) is 414 cm³/mol. The van der Waals surface area contributed by atoms with Crippen LogP contribution in [0.15, 0.2) is 0 Å². The zero-order valence-electron chi connectivity index (χ0n) is 66.1. The summed E-state index contributed by atoms with van der Waals surface area (Å²) in [5.41, 5.74) is 0. The van der Waals surface area contributed by atoms with E-state index in [4.69, 9.17) is 37.0 Å². The van der Waals surface area contributed by atoms with Gasteiger partial charge in [-0.05, 0) is 31.6 Å². The molecule has 0 aliphatic rings. The molecule has 0 heterocycles. The van der Waals surface area contributed by atoms with Gasteiger partial charge in [-0.2, -0.15) is 0 Å². The molecule has 3 N–H and O–H groups in total. The van der Waals surface area contributed by atoms with Gasteiger partial charge < -0.3 is 33.8 Å². The smallest absolute Gasteiger partial charge is 0.462 e. The summed E-state index contributed by atoms with van der Waals surface area (Å²) in [6.45, 7) is 7.35. The lowest BCUT2D eigenvalue weighted by Gasteiger charge is -2.21. The van der Waals surface area contributed by atoms with Crippen LogP contribution in [0.1, 0.15) is 439 Å². The van der Waals surface area contributed by atoms with E-state index in [9.17, 15) is 43.2 Å². The fourth-order valence-electron chi connectivity index (χ4n) is 12.8. The minimum atomic E-state index is -4.96. The maximum absolute atomic E-state index is 13.1. The average molecular weight is 1480 g/mol. The van der Waals surface area contributed by atoms with Gasteiger partial charge in [-0.3, -0.25) is 37.3 Å². The second-order valence-electron chi connectivity index (χ2n) is 30.0. The van der Waals surface area contributed by atoms with Crippen LogP contribution in [-0.4, -0.2) is 96.7 Å². The van der Waals surface area contributed by atoms with Crippen molar-refractivity contribution in [3.8, 4) is 0 Å². The number of aliphatic hydroxyl groups excluding tert-OH is 1. The number of phosphoric acid groups is 2. The molecule has 5 atom stereocenters. The highest BCUT2D eigenvalue weighted by Gasteiger charge is 2.30. The molecule has 0 saturated heterocycles. The van der Waals surface area contributed by atoms with Gasteiger partial charge in [0.05, 0.1) is 26.4 Å². The Labute approximate surface area is 619 Å². The number of hydrogen-bond donors (Lipinski definition) is 3. The van der Waals surface area contributed by atoms with E-state index in [0.29, 0.717) is 25.7 Å². The molecule has 2 unspecified atom stereocenters. The number of rotatable bonds is 82. The molecule has 0 aromatic carbocycles. The van der Waals surface area contributed by atoms with E-state index >= 15 is 0 Å². The van der Waals surface area contributed by atoms with Crippen LogP contribution in [0.25, 0.3) is 0 Å². The highest BCUT2D eigenvalue weighted by molar-refractivity contribution is 7.47. The fraction of sp³-hybridized carbons (Fsp3) is 0.951. The van der Waals surface area contributed by atoms with Gasteiger partial charge in [-0.25, -0.2) is 9.13 Å². The molecule has 0 aliphatic heterocycles. The van der Waals surface area contributed by atoms with Gasteiger partial charge in [0.15, 0.2) is 12.2 Å². The van der Waals surface area contributed by atoms with Crippen LogP contribution in [0, 0.1) is 5.92 Å². The summed E-state index contributed by atoms with van der Waals surface area (Å²) in [4.78, 5) is 73.0. The molecule has 600 valence electrons. The first-order chi connectivity index (χ1) is 49.0. The Morgan fingerprint density at radius 3 is 0.673 bits per heavy atom. The number of hydrogen-bond acceptors (Lipinski definition) is 15. The molecule has 0 fully saturated rings. The zero-order valence-corrected chi connectivity index (χ0v) is 67.8. The lowest BCUT2D eigenvalue weighted by atomic mass is 10.0. The summed E-state index contributed by atoms with van der Waals surface area (Å²) in [6, 6.07) is 0. The second-order valence-corrected chi connectivity index (χ2v) is 32.9. The Bertz CT molecular complexity index is 1930. The number of carbonyl (C=O) groups excluding carboxylic acids is 4. The maximum atomic E-state index is 13.1. The van der Waals surface area contributed by atoms with Crippen molar-refractivity contribution in [2.24, 2.45) is 5.92 Å². The second kappa shape index (κ2) is 74.9. The summed E-state index contributed by atoms with van der Waals surface area (Å²) in [5, 5.41) is 10.6.